The predicted octanol–water partition coefficient (Wildman–Crippen LogP) is 1.17. The lowest BCUT2D eigenvalue weighted by Crippen LogP contribution is -2.22. The highest BCUT2D eigenvalue weighted by molar-refractivity contribution is 5.14. The molecular formula is C12H19NO2. The van der Waals surface area contributed by atoms with Crippen molar-refractivity contribution in [2.45, 2.75) is 19.1 Å². The summed E-state index contributed by atoms with van der Waals surface area (Å²) in [7, 11) is 1.60. The summed E-state index contributed by atoms with van der Waals surface area (Å²) < 4.78 is 4.84. The second kappa shape index (κ2) is 7.40. The Morgan fingerprint density at radius 1 is 1.33 bits per heavy atom. The quantitative estimate of drug-likeness (QED) is 0.662. The molecule has 0 radical (unpaired) electrons. The molecule has 1 atom stereocenters. The first-order valence-corrected chi connectivity index (χ1v) is 5.24. The second-order valence-corrected chi connectivity index (χ2v) is 3.56. The van der Waals surface area contributed by atoms with Crippen molar-refractivity contribution in [3.63, 3.8) is 0 Å². The number of rotatable bonds is 7. The first kappa shape index (κ1) is 12.2. The van der Waals surface area contributed by atoms with Crippen LogP contribution in [-0.4, -0.2) is 31.5 Å². The van der Waals surface area contributed by atoms with Crippen LogP contribution in [0.2, 0.25) is 0 Å². The van der Waals surface area contributed by atoms with Crippen molar-refractivity contribution in [3.8, 4) is 0 Å². The van der Waals surface area contributed by atoms with Crippen molar-refractivity contribution in [1.82, 2.24) is 5.32 Å². The van der Waals surface area contributed by atoms with Crippen molar-refractivity contribution >= 4 is 0 Å². The van der Waals surface area contributed by atoms with Gasteiger partial charge in [0.15, 0.2) is 0 Å². The third-order valence-electron chi connectivity index (χ3n) is 2.19. The van der Waals surface area contributed by atoms with Gasteiger partial charge in [-0.15, -0.1) is 0 Å². The summed E-state index contributed by atoms with van der Waals surface area (Å²) >= 11 is 0. The molecule has 0 spiro atoms. The van der Waals surface area contributed by atoms with Gasteiger partial charge in [0.2, 0.25) is 0 Å². The average Bonchev–Trinajstić information content (AvgIpc) is 2.26. The van der Waals surface area contributed by atoms with Crippen LogP contribution in [0.15, 0.2) is 30.3 Å². The molecule has 2 N–H and O–H groups in total. The second-order valence-electron chi connectivity index (χ2n) is 3.56. The van der Waals surface area contributed by atoms with E-state index in [1.807, 2.05) is 18.2 Å². The average molecular weight is 209 g/mol. The lowest BCUT2D eigenvalue weighted by molar-refractivity contribution is 0.0594. The van der Waals surface area contributed by atoms with Crippen LogP contribution in [0, 0.1) is 0 Å². The van der Waals surface area contributed by atoms with Crippen molar-refractivity contribution in [2.24, 2.45) is 0 Å². The Bertz CT molecular complexity index is 251. The molecule has 0 fully saturated rings. The molecule has 1 rings (SSSR count). The molecule has 0 aliphatic rings. The van der Waals surface area contributed by atoms with Gasteiger partial charge in [-0.25, -0.2) is 0 Å². The fourth-order valence-corrected chi connectivity index (χ4v) is 1.37. The van der Waals surface area contributed by atoms with E-state index >= 15 is 0 Å². The summed E-state index contributed by atoms with van der Waals surface area (Å²) in [6, 6.07) is 10.2. The molecular weight excluding hydrogens is 190 g/mol. The summed E-state index contributed by atoms with van der Waals surface area (Å²) in [6.07, 6.45) is 0.360. The molecule has 1 unspecified atom stereocenters. The summed E-state index contributed by atoms with van der Waals surface area (Å²) in [5.74, 6) is 0. The molecule has 0 saturated heterocycles. The number of aliphatic hydroxyl groups excluding tert-OH is 1. The zero-order valence-electron chi connectivity index (χ0n) is 9.15. The van der Waals surface area contributed by atoms with Crippen LogP contribution in [0.3, 0.4) is 0 Å². The third-order valence-corrected chi connectivity index (χ3v) is 2.19. The van der Waals surface area contributed by atoms with Crippen LogP contribution in [0.25, 0.3) is 0 Å². The largest absolute Gasteiger partial charge is 0.391 e. The molecule has 84 valence electrons. The number of methoxy groups -OCH3 is 1. The monoisotopic (exact) mass is 209 g/mol. The molecule has 0 amide bonds. The summed E-state index contributed by atoms with van der Waals surface area (Å²) in [5, 5.41) is 12.7. The lowest BCUT2D eigenvalue weighted by atomic mass is 10.2. The van der Waals surface area contributed by atoms with E-state index in [1.54, 1.807) is 7.11 Å². The Morgan fingerprint density at radius 3 is 2.73 bits per heavy atom. The normalized spacial score (nSPS) is 12.7. The highest BCUT2D eigenvalue weighted by Crippen LogP contribution is 1.97. The molecule has 1 aromatic carbocycles. The van der Waals surface area contributed by atoms with Crippen LogP contribution in [0.5, 0.6) is 0 Å². The standard InChI is InChI=1S/C12H19NO2/c1-15-10-12(14)7-8-13-9-11-5-3-2-4-6-11/h2-6,12-14H,7-10H2,1H3. The van der Waals surface area contributed by atoms with Gasteiger partial charge in [0.1, 0.15) is 0 Å². The molecule has 0 aromatic heterocycles. The zero-order chi connectivity index (χ0) is 10.9. The molecule has 0 saturated carbocycles. The van der Waals surface area contributed by atoms with Crippen LogP contribution in [0.4, 0.5) is 0 Å². The molecule has 15 heavy (non-hydrogen) atoms. The first-order valence-electron chi connectivity index (χ1n) is 5.24. The molecule has 0 heterocycles. The Kier molecular flexibility index (Phi) is 6.00. The Balaban J connectivity index is 2.07. The van der Waals surface area contributed by atoms with E-state index in [1.165, 1.54) is 5.56 Å². The van der Waals surface area contributed by atoms with E-state index in [4.69, 9.17) is 4.74 Å². The molecule has 3 nitrogen and oxygen atoms in total. The highest BCUT2D eigenvalue weighted by atomic mass is 16.5. The van der Waals surface area contributed by atoms with E-state index in [-0.39, 0.29) is 6.10 Å². The summed E-state index contributed by atoms with van der Waals surface area (Å²) in [6.45, 7) is 2.06. The maximum Gasteiger partial charge on any atom is 0.0785 e. The molecule has 0 aliphatic heterocycles. The first-order chi connectivity index (χ1) is 7.33. The number of nitrogens with one attached hydrogen (secondary N) is 1. The van der Waals surface area contributed by atoms with Gasteiger partial charge in [-0.05, 0) is 18.5 Å². The zero-order valence-corrected chi connectivity index (χ0v) is 9.15. The van der Waals surface area contributed by atoms with E-state index < -0.39 is 0 Å². The summed E-state index contributed by atoms with van der Waals surface area (Å²) in [4.78, 5) is 0. The van der Waals surface area contributed by atoms with Gasteiger partial charge in [0, 0.05) is 13.7 Å². The van der Waals surface area contributed by atoms with Crippen LogP contribution in [-0.2, 0) is 11.3 Å². The lowest BCUT2D eigenvalue weighted by Gasteiger charge is -2.09. The number of aliphatic hydroxyl groups is 1. The van der Waals surface area contributed by atoms with E-state index in [9.17, 15) is 5.11 Å². The van der Waals surface area contributed by atoms with Crippen LogP contribution in [0.1, 0.15) is 12.0 Å². The van der Waals surface area contributed by atoms with Gasteiger partial charge in [-0.1, -0.05) is 30.3 Å². The maximum atomic E-state index is 9.38. The Morgan fingerprint density at radius 2 is 2.07 bits per heavy atom. The molecule has 0 bridgehead atoms. The van der Waals surface area contributed by atoms with E-state index in [0.717, 1.165) is 19.5 Å². The van der Waals surface area contributed by atoms with Crippen LogP contribution >= 0.6 is 0 Å². The third kappa shape index (κ3) is 5.52. The topological polar surface area (TPSA) is 41.5 Å². The number of benzene rings is 1. The Hall–Kier alpha value is -0.900. The van der Waals surface area contributed by atoms with Crippen LogP contribution < -0.4 is 5.32 Å². The van der Waals surface area contributed by atoms with Gasteiger partial charge in [-0.2, -0.15) is 0 Å². The molecule has 0 aliphatic carbocycles. The Labute approximate surface area is 91.1 Å². The van der Waals surface area contributed by atoms with Crippen molar-refractivity contribution < 1.29 is 9.84 Å². The van der Waals surface area contributed by atoms with E-state index in [2.05, 4.69) is 17.4 Å². The fourth-order valence-electron chi connectivity index (χ4n) is 1.37. The summed E-state index contributed by atoms with van der Waals surface area (Å²) in [5.41, 5.74) is 1.26. The number of hydrogen-bond donors (Lipinski definition) is 2. The van der Waals surface area contributed by atoms with Crippen molar-refractivity contribution in [2.75, 3.05) is 20.3 Å². The van der Waals surface area contributed by atoms with Gasteiger partial charge >= 0.3 is 0 Å². The van der Waals surface area contributed by atoms with Crippen molar-refractivity contribution in [3.05, 3.63) is 35.9 Å². The van der Waals surface area contributed by atoms with Gasteiger partial charge in [-0.3, -0.25) is 0 Å². The minimum absolute atomic E-state index is 0.363. The number of hydrogen-bond acceptors (Lipinski definition) is 3. The maximum absolute atomic E-state index is 9.38. The fraction of sp³-hybridized carbons (Fsp3) is 0.500. The van der Waals surface area contributed by atoms with Gasteiger partial charge < -0.3 is 15.2 Å². The van der Waals surface area contributed by atoms with Crippen molar-refractivity contribution in [1.29, 1.82) is 0 Å². The predicted molar refractivity (Wildman–Crippen MR) is 60.6 cm³/mol. The smallest absolute Gasteiger partial charge is 0.0785 e. The minimum Gasteiger partial charge on any atom is -0.391 e. The SMILES string of the molecule is COCC(O)CCNCc1ccccc1. The van der Waals surface area contributed by atoms with Gasteiger partial charge in [0.05, 0.1) is 12.7 Å². The van der Waals surface area contributed by atoms with Gasteiger partial charge in [0.25, 0.3) is 0 Å². The van der Waals surface area contributed by atoms with E-state index in [0.29, 0.717) is 6.61 Å². The molecule has 1 aromatic rings. The highest BCUT2D eigenvalue weighted by Gasteiger charge is 2.01. The number of ether oxygens (including phenoxy) is 1. The molecule has 3 heteroatoms. The minimum atomic E-state index is -0.363.